The Labute approximate surface area is 120 Å². The fraction of sp³-hybridized carbons (Fsp3) is 0.0714. The maximum Gasteiger partial charge on any atom is 0.326 e. The first-order valence-corrected chi connectivity index (χ1v) is 6.83. The zero-order valence-corrected chi connectivity index (χ0v) is 11.6. The Morgan fingerprint density at radius 3 is 2.80 bits per heavy atom. The van der Waals surface area contributed by atoms with Crippen LogP contribution in [0.25, 0.3) is 10.2 Å². The van der Waals surface area contributed by atoms with Gasteiger partial charge in [-0.2, -0.15) is 0 Å². The van der Waals surface area contributed by atoms with Gasteiger partial charge in [0.1, 0.15) is 5.52 Å². The van der Waals surface area contributed by atoms with Gasteiger partial charge in [-0.15, -0.1) is 5.10 Å². The largest absolute Gasteiger partial charge is 0.326 e. The fourth-order valence-corrected chi connectivity index (χ4v) is 2.37. The summed E-state index contributed by atoms with van der Waals surface area (Å²) >= 11 is 1.33. The van der Waals surface area contributed by atoms with E-state index in [4.69, 9.17) is 0 Å². The standard InChI is InChI=1S/C14H12N4OS/c1-18(11-5-3-2-4-6-11)14(19)15-10-7-8-13-12(9-10)16-17-20-13/h2-9H,1H3,(H,15,19). The molecule has 1 aromatic heterocycles. The van der Waals surface area contributed by atoms with Gasteiger partial charge in [-0.05, 0) is 41.9 Å². The van der Waals surface area contributed by atoms with Crippen LogP contribution in [0.3, 0.4) is 0 Å². The van der Waals surface area contributed by atoms with Gasteiger partial charge in [0.25, 0.3) is 0 Å². The number of carbonyl (C=O) groups excluding carboxylic acids is 1. The number of amides is 2. The maximum atomic E-state index is 12.2. The van der Waals surface area contributed by atoms with Gasteiger partial charge in [-0.25, -0.2) is 4.79 Å². The third kappa shape index (κ3) is 2.46. The summed E-state index contributed by atoms with van der Waals surface area (Å²) in [5.41, 5.74) is 2.33. The van der Waals surface area contributed by atoms with Crippen molar-refractivity contribution in [2.75, 3.05) is 17.3 Å². The van der Waals surface area contributed by atoms with Crippen LogP contribution in [0.15, 0.2) is 48.5 Å². The molecule has 100 valence electrons. The summed E-state index contributed by atoms with van der Waals surface area (Å²) in [6.07, 6.45) is 0. The SMILES string of the molecule is CN(C(=O)Nc1ccc2snnc2c1)c1ccccc1. The molecular weight excluding hydrogens is 272 g/mol. The zero-order valence-electron chi connectivity index (χ0n) is 10.8. The van der Waals surface area contributed by atoms with E-state index in [0.717, 1.165) is 15.9 Å². The number of urea groups is 1. The minimum Gasteiger partial charge on any atom is -0.307 e. The van der Waals surface area contributed by atoms with E-state index in [1.807, 2.05) is 48.5 Å². The highest BCUT2D eigenvalue weighted by Gasteiger charge is 2.11. The number of hydrogen-bond donors (Lipinski definition) is 1. The van der Waals surface area contributed by atoms with Gasteiger partial charge in [0.05, 0.1) is 4.70 Å². The van der Waals surface area contributed by atoms with Crippen LogP contribution in [0, 0.1) is 0 Å². The van der Waals surface area contributed by atoms with Crippen LogP contribution in [-0.2, 0) is 0 Å². The number of nitrogens with one attached hydrogen (secondary N) is 1. The van der Waals surface area contributed by atoms with Crippen LogP contribution in [-0.4, -0.2) is 22.7 Å². The molecule has 0 fully saturated rings. The van der Waals surface area contributed by atoms with E-state index < -0.39 is 0 Å². The Morgan fingerprint density at radius 1 is 1.20 bits per heavy atom. The van der Waals surface area contributed by atoms with Gasteiger partial charge in [0, 0.05) is 18.4 Å². The van der Waals surface area contributed by atoms with Crippen molar-refractivity contribution in [3.05, 3.63) is 48.5 Å². The predicted molar refractivity (Wildman–Crippen MR) is 81.3 cm³/mol. The molecule has 0 radical (unpaired) electrons. The second kappa shape index (κ2) is 5.26. The Hall–Kier alpha value is -2.47. The topological polar surface area (TPSA) is 58.1 Å². The summed E-state index contributed by atoms with van der Waals surface area (Å²) in [5, 5.41) is 6.84. The molecule has 0 aliphatic heterocycles. The van der Waals surface area contributed by atoms with Crippen molar-refractivity contribution in [2.45, 2.75) is 0 Å². The summed E-state index contributed by atoms with van der Waals surface area (Å²) in [7, 11) is 1.73. The molecular formula is C14H12N4OS. The second-order valence-corrected chi connectivity index (χ2v) is 5.07. The summed E-state index contributed by atoms with van der Waals surface area (Å²) < 4.78 is 4.87. The van der Waals surface area contributed by atoms with Gasteiger partial charge in [0.15, 0.2) is 0 Å². The number of aromatic nitrogens is 2. The lowest BCUT2D eigenvalue weighted by molar-refractivity contribution is 0.258. The van der Waals surface area contributed by atoms with Gasteiger partial charge >= 0.3 is 6.03 Å². The minimum absolute atomic E-state index is 0.196. The van der Waals surface area contributed by atoms with Crippen LogP contribution >= 0.6 is 11.5 Å². The van der Waals surface area contributed by atoms with Gasteiger partial charge < -0.3 is 5.32 Å². The molecule has 2 aromatic carbocycles. The number of fused-ring (bicyclic) bond motifs is 1. The van der Waals surface area contributed by atoms with E-state index >= 15 is 0 Å². The lowest BCUT2D eigenvalue weighted by Crippen LogP contribution is -2.31. The predicted octanol–water partition coefficient (Wildman–Crippen LogP) is 3.36. The molecule has 0 spiro atoms. The number of anilines is 2. The molecule has 2 amide bonds. The molecule has 1 N–H and O–H groups in total. The number of nitrogens with zero attached hydrogens (tertiary/aromatic N) is 3. The maximum absolute atomic E-state index is 12.2. The van der Waals surface area contributed by atoms with Crippen molar-refractivity contribution >= 4 is 39.2 Å². The van der Waals surface area contributed by atoms with Crippen molar-refractivity contribution in [3.8, 4) is 0 Å². The smallest absolute Gasteiger partial charge is 0.307 e. The first-order valence-electron chi connectivity index (χ1n) is 6.06. The summed E-state index contributed by atoms with van der Waals surface area (Å²) in [6.45, 7) is 0. The van der Waals surface area contributed by atoms with Crippen LogP contribution in [0.1, 0.15) is 0 Å². The van der Waals surface area contributed by atoms with E-state index in [1.165, 1.54) is 11.5 Å². The number of para-hydroxylation sites is 1. The minimum atomic E-state index is -0.196. The van der Waals surface area contributed by atoms with Crippen molar-refractivity contribution in [1.82, 2.24) is 9.59 Å². The van der Waals surface area contributed by atoms with Crippen molar-refractivity contribution in [2.24, 2.45) is 0 Å². The molecule has 0 saturated carbocycles. The van der Waals surface area contributed by atoms with E-state index in [9.17, 15) is 4.79 Å². The van der Waals surface area contributed by atoms with Gasteiger partial charge in [-0.1, -0.05) is 22.7 Å². The quantitative estimate of drug-likeness (QED) is 0.785. The van der Waals surface area contributed by atoms with Gasteiger partial charge in [-0.3, -0.25) is 4.90 Å². The Bertz CT molecular complexity index is 741. The van der Waals surface area contributed by atoms with Crippen LogP contribution in [0.5, 0.6) is 0 Å². The van der Waals surface area contributed by atoms with Crippen molar-refractivity contribution in [3.63, 3.8) is 0 Å². The second-order valence-electron chi connectivity index (χ2n) is 4.28. The molecule has 0 atom stereocenters. The van der Waals surface area contributed by atoms with E-state index in [2.05, 4.69) is 14.9 Å². The molecule has 6 heteroatoms. The normalized spacial score (nSPS) is 10.4. The fourth-order valence-electron chi connectivity index (χ4n) is 1.84. The number of benzene rings is 2. The molecule has 3 rings (SSSR count). The van der Waals surface area contributed by atoms with Gasteiger partial charge in [0.2, 0.25) is 0 Å². The molecule has 0 aliphatic carbocycles. The first-order chi connectivity index (χ1) is 9.74. The highest BCUT2D eigenvalue weighted by molar-refractivity contribution is 7.12. The number of rotatable bonds is 2. The summed E-state index contributed by atoms with van der Waals surface area (Å²) in [6, 6.07) is 14.8. The summed E-state index contributed by atoms with van der Waals surface area (Å²) in [4.78, 5) is 13.7. The zero-order chi connectivity index (χ0) is 13.9. The average Bonchev–Trinajstić information content (AvgIpc) is 2.95. The lowest BCUT2D eigenvalue weighted by atomic mass is 10.3. The first kappa shape index (κ1) is 12.6. The molecule has 20 heavy (non-hydrogen) atoms. The Kier molecular flexibility index (Phi) is 3.30. The number of carbonyl (C=O) groups is 1. The average molecular weight is 284 g/mol. The third-order valence-corrected chi connectivity index (χ3v) is 3.65. The molecule has 0 aliphatic rings. The molecule has 1 heterocycles. The van der Waals surface area contributed by atoms with Crippen LogP contribution in [0.2, 0.25) is 0 Å². The molecule has 0 bridgehead atoms. The van der Waals surface area contributed by atoms with E-state index in [0.29, 0.717) is 5.69 Å². The van der Waals surface area contributed by atoms with E-state index in [-0.39, 0.29) is 6.03 Å². The van der Waals surface area contributed by atoms with Crippen LogP contribution in [0.4, 0.5) is 16.2 Å². The van der Waals surface area contributed by atoms with Crippen LogP contribution < -0.4 is 10.2 Å². The molecule has 5 nitrogen and oxygen atoms in total. The lowest BCUT2D eigenvalue weighted by Gasteiger charge is -2.17. The highest BCUT2D eigenvalue weighted by atomic mass is 32.1. The molecule has 0 unspecified atom stereocenters. The van der Waals surface area contributed by atoms with Crippen molar-refractivity contribution < 1.29 is 4.79 Å². The van der Waals surface area contributed by atoms with Crippen molar-refractivity contribution in [1.29, 1.82) is 0 Å². The highest BCUT2D eigenvalue weighted by Crippen LogP contribution is 2.20. The Morgan fingerprint density at radius 2 is 2.00 bits per heavy atom. The molecule has 0 saturated heterocycles. The Balaban J connectivity index is 1.78. The molecule has 3 aromatic rings. The third-order valence-electron chi connectivity index (χ3n) is 2.95. The summed E-state index contributed by atoms with van der Waals surface area (Å²) in [5.74, 6) is 0. The van der Waals surface area contributed by atoms with E-state index in [1.54, 1.807) is 11.9 Å². The number of hydrogen-bond acceptors (Lipinski definition) is 4. The monoisotopic (exact) mass is 284 g/mol.